The monoisotopic (exact) mass is 356 g/mol. The number of hydrogen-bond donors (Lipinski definition) is 0. The van der Waals surface area contributed by atoms with Crippen molar-refractivity contribution < 1.29 is 9.53 Å². The van der Waals surface area contributed by atoms with E-state index in [9.17, 15) is 4.79 Å². The van der Waals surface area contributed by atoms with Crippen LogP contribution in [0.5, 0.6) is 0 Å². The summed E-state index contributed by atoms with van der Waals surface area (Å²) in [5, 5.41) is 0. The van der Waals surface area contributed by atoms with Crippen LogP contribution < -0.4 is 0 Å². The molecule has 0 radical (unpaired) electrons. The molecule has 110 valence electrons. The summed E-state index contributed by atoms with van der Waals surface area (Å²) in [5.74, 6) is -0.344. The number of benzene rings is 1. The molecule has 2 aromatic heterocycles. The first-order valence-corrected chi connectivity index (χ1v) is 7.50. The lowest BCUT2D eigenvalue weighted by Gasteiger charge is -2.08. The molecule has 0 aliphatic rings. The van der Waals surface area contributed by atoms with Gasteiger partial charge in [-0.25, -0.2) is 9.78 Å². The van der Waals surface area contributed by atoms with E-state index in [0.717, 1.165) is 32.3 Å². The molecular weight excluding hydrogens is 344 g/mol. The average molecular weight is 357 g/mol. The molecule has 5 heteroatoms. The minimum absolute atomic E-state index is 0.344. The Morgan fingerprint density at radius 2 is 2.00 bits per heavy atom. The van der Waals surface area contributed by atoms with Crippen LogP contribution in [-0.4, -0.2) is 23.0 Å². The summed E-state index contributed by atoms with van der Waals surface area (Å²) < 4.78 is 5.71. The third-order valence-electron chi connectivity index (χ3n) is 3.47. The fourth-order valence-electron chi connectivity index (χ4n) is 2.27. The van der Waals surface area contributed by atoms with E-state index in [4.69, 9.17) is 4.74 Å². The molecule has 0 saturated carbocycles. The van der Waals surface area contributed by atoms with E-state index in [1.807, 2.05) is 37.3 Å². The largest absolute Gasteiger partial charge is 0.465 e. The second-order valence-electron chi connectivity index (χ2n) is 4.88. The van der Waals surface area contributed by atoms with Gasteiger partial charge in [0.05, 0.1) is 23.9 Å². The molecule has 1 aromatic carbocycles. The van der Waals surface area contributed by atoms with Crippen molar-refractivity contribution in [3.63, 3.8) is 0 Å². The smallest absolute Gasteiger partial charge is 0.338 e. The number of hydrogen-bond acceptors (Lipinski definition) is 4. The van der Waals surface area contributed by atoms with Crippen LogP contribution in [0, 0.1) is 6.92 Å². The van der Waals surface area contributed by atoms with Crippen LogP contribution >= 0.6 is 15.9 Å². The Hall–Kier alpha value is -2.27. The zero-order valence-electron chi connectivity index (χ0n) is 12.1. The van der Waals surface area contributed by atoms with Gasteiger partial charge in [0.25, 0.3) is 0 Å². The summed E-state index contributed by atoms with van der Waals surface area (Å²) >= 11 is 3.49. The maximum atomic E-state index is 11.8. The number of methoxy groups -OCH3 is 1. The standard InChI is InChI=1S/C17H13BrN2O2/c1-10-3-4-11(9-12(10)17(21)22-2)14-5-6-15-16(20-14)13(18)7-8-19-15/h3-9H,1-2H3. The number of aryl methyl sites for hydroxylation is 1. The maximum Gasteiger partial charge on any atom is 0.338 e. The number of carbonyl (C=O) groups excluding carboxylic acids is 1. The summed E-state index contributed by atoms with van der Waals surface area (Å²) in [6, 6.07) is 11.3. The second kappa shape index (κ2) is 5.85. The van der Waals surface area contributed by atoms with E-state index >= 15 is 0 Å². The van der Waals surface area contributed by atoms with Gasteiger partial charge >= 0.3 is 5.97 Å². The minimum Gasteiger partial charge on any atom is -0.465 e. The number of pyridine rings is 2. The van der Waals surface area contributed by atoms with Crippen molar-refractivity contribution in [3.8, 4) is 11.3 Å². The fraction of sp³-hybridized carbons (Fsp3) is 0.118. The van der Waals surface area contributed by atoms with E-state index in [-0.39, 0.29) is 5.97 Å². The molecule has 0 atom stereocenters. The van der Waals surface area contributed by atoms with Gasteiger partial charge in [0.2, 0.25) is 0 Å². The van der Waals surface area contributed by atoms with Gasteiger partial charge in [-0.15, -0.1) is 0 Å². The molecule has 22 heavy (non-hydrogen) atoms. The van der Waals surface area contributed by atoms with Gasteiger partial charge in [-0.3, -0.25) is 4.98 Å². The van der Waals surface area contributed by atoms with Crippen molar-refractivity contribution in [1.82, 2.24) is 9.97 Å². The minimum atomic E-state index is -0.344. The number of carbonyl (C=O) groups is 1. The van der Waals surface area contributed by atoms with Gasteiger partial charge in [-0.05, 0) is 52.7 Å². The highest BCUT2D eigenvalue weighted by Crippen LogP contribution is 2.26. The lowest BCUT2D eigenvalue weighted by molar-refractivity contribution is 0.0600. The summed E-state index contributed by atoms with van der Waals surface area (Å²) in [5.41, 5.74) is 4.68. The molecule has 0 fully saturated rings. The first-order valence-electron chi connectivity index (χ1n) is 6.71. The molecule has 0 unspecified atom stereocenters. The molecule has 0 saturated heterocycles. The Bertz CT molecular complexity index is 878. The van der Waals surface area contributed by atoms with Crippen molar-refractivity contribution in [3.05, 3.63) is 58.2 Å². The lowest BCUT2D eigenvalue weighted by atomic mass is 10.0. The molecule has 4 nitrogen and oxygen atoms in total. The van der Waals surface area contributed by atoms with Gasteiger partial charge in [-0.1, -0.05) is 12.1 Å². The third kappa shape index (κ3) is 2.60. The lowest BCUT2D eigenvalue weighted by Crippen LogP contribution is -2.04. The molecule has 0 bridgehead atoms. The normalized spacial score (nSPS) is 10.7. The van der Waals surface area contributed by atoms with Crippen molar-refractivity contribution in [1.29, 1.82) is 0 Å². The van der Waals surface area contributed by atoms with Crippen LogP contribution in [-0.2, 0) is 4.74 Å². The van der Waals surface area contributed by atoms with Gasteiger partial charge in [0.15, 0.2) is 0 Å². The Morgan fingerprint density at radius 1 is 1.18 bits per heavy atom. The molecule has 0 aliphatic heterocycles. The summed E-state index contributed by atoms with van der Waals surface area (Å²) in [6.45, 7) is 1.88. The predicted octanol–water partition coefficient (Wildman–Crippen LogP) is 4.15. The summed E-state index contributed by atoms with van der Waals surface area (Å²) in [7, 11) is 1.38. The highest BCUT2D eigenvalue weighted by Gasteiger charge is 2.12. The number of esters is 1. The molecule has 2 heterocycles. The fourth-order valence-corrected chi connectivity index (χ4v) is 2.68. The quantitative estimate of drug-likeness (QED) is 0.647. The van der Waals surface area contributed by atoms with Crippen LogP contribution in [0.4, 0.5) is 0 Å². The number of halogens is 1. The van der Waals surface area contributed by atoms with Crippen LogP contribution in [0.1, 0.15) is 15.9 Å². The molecular formula is C17H13BrN2O2. The van der Waals surface area contributed by atoms with Crippen molar-refractivity contribution >= 4 is 32.9 Å². The number of rotatable bonds is 2. The van der Waals surface area contributed by atoms with E-state index in [2.05, 4.69) is 25.9 Å². The molecule has 0 N–H and O–H groups in total. The van der Waals surface area contributed by atoms with E-state index in [1.54, 1.807) is 12.3 Å². The highest BCUT2D eigenvalue weighted by molar-refractivity contribution is 9.10. The zero-order chi connectivity index (χ0) is 15.7. The van der Waals surface area contributed by atoms with Gasteiger partial charge in [0.1, 0.15) is 5.52 Å². The molecule has 3 aromatic rings. The van der Waals surface area contributed by atoms with Gasteiger partial charge in [-0.2, -0.15) is 0 Å². The molecule has 0 amide bonds. The zero-order valence-corrected chi connectivity index (χ0v) is 13.7. The number of nitrogens with zero attached hydrogens (tertiary/aromatic N) is 2. The second-order valence-corrected chi connectivity index (χ2v) is 5.73. The first kappa shape index (κ1) is 14.7. The molecule has 0 spiro atoms. The van der Waals surface area contributed by atoms with E-state index in [0.29, 0.717) is 5.56 Å². The van der Waals surface area contributed by atoms with Crippen molar-refractivity contribution in [2.75, 3.05) is 7.11 Å². The topological polar surface area (TPSA) is 52.1 Å². The predicted molar refractivity (Wildman–Crippen MR) is 88.8 cm³/mol. The number of ether oxygens (including phenoxy) is 1. The van der Waals surface area contributed by atoms with Crippen molar-refractivity contribution in [2.24, 2.45) is 0 Å². The first-order chi connectivity index (χ1) is 10.6. The van der Waals surface area contributed by atoms with E-state index in [1.165, 1.54) is 7.11 Å². The number of aromatic nitrogens is 2. The average Bonchev–Trinajstić information content (AvgIpc) is 2.55. The molecule has 3 rings (SSSR count). The van der Waals surface area contributed by atoms with Crippen LogP contribution in [0.15, 0.2) is 47.1 Å². The summed E-state index contributed by atoms with van der Waals surface area (Å²) in [4.78, 5) is 20.7. The Kier molecular flexibility index (Phi) is 3.90. The van der Waals surface area contributed by atoms with Crippen LogP contribution in [0.2, 0.25) is 0 Å². The highest BCUT2D eigenvalue weighted by atomic mass is 79.9. The van der Waals surface area contributed by atoms with Crippen LogP contribution in [0.25, 0.3) is 22.3 Å². The third-order valence-corrected chi connectivity index (χ3v) is 4.11. The van der Waals surface area contributed by atoms with Gasteiger partial charge in [0, 0.05) is 16.2 Å². The number of fused-ring (bicyclic) bond motifs is 1. The SMILES string of the molecule is COC(=O)c1cc(-c2ccc3nccc(Br)c3n2)ccc1C. The van der Waals surface area contributed by atoms with Crippen LogP contribution in [0.3, 0.4) is 0 Å². The maximum absolute atomic E-state index is 11.8. The van der Waals surface area contributed by atoms with Gasteiger partial charge < -0.3 is 4.74 Å². The Labute approximate surface area is 136 Å². The molecule has 0 aliphatic carbocycles. The van der Waals surface area contributed by atoms with E-state index < -0.39 is 0 Å². The Balaban J connectivity index is 2.15. The Morgan fingerprint density at radius 3 is 2.77 bits per heavy atom. The van der Waals surface area contributed by atoms with Crippen molar-refractivity contribution in [2.45, 2.75) is 6.92 Å². The summed E-state index contributed by atoms with van der Waals surface area (Å²) in [6.07, 6.45) is 1.73.